The lowest BCUT2D eigenvalue weighted by atomic mass is 9.98. The first kappa shape index (κ1) is 9.46. The molecule has 0 radical (unpaired) electrons. The van der Waals surface area contributed by atoms with Crippen LogP contribution in [0.1, 0.15) is 6.42 Å². The van der Waals surface area contributed by atoms with Crippen molar-refractivity contribution in [2.24, 2.45) is 5.92 Å². The highest BCUT2D eigenvalue weighted by Crippen LogP contribution is 2.31. The fourth-order valence-electron chi connectivity index (χ4n) is 1.04. The van der Waals surface area contributed by atoms with Gasteiger partial charge in [-0.3, -0.25) is 9.59 Å². The van der Waals surface area contributed by atoms with Crippen molar-refractivity contribution < 1.29 is 34.4 Å². The van der Waals surface area contributed by atoms with Crippen LogP contribution in [0.25, 0.3) is 0 Å². The number of aliphatic hydroxyl groups is 1. The standard InChI is InChI=1S/C6H6O7/c7-3-1-2(4(8)9)6(12,13-3)5(10)11/h2,12H,1H2,(H,8,9)(H,10,11). The van der Waals surface area contributed by atoms with Crippen molar-refractivity contribution >= 4 is 17.9 Å². The summed E-state index contributed by atoms with van der Waals surface area (Å²) in [6, 6.07) is 0. The van der Waals surface area contributed by atoms with Crippen LogP contribution in [0, 0.1) is 5.92 Å². The van der Waals surface area contributed by atoms with Gasteiger partial charge in [0.25, 0.3) is 0 Å². The number of rotatable bonds is 2. The van der Waals surface area contributed by atoms with E-state index in [0.717, 1.165) is 0 Å². The van der Waals surface area contributed by atoms with Crippen molar-refractivity contribution in [3.8, 4) is 0 Å². The largest absolute Gasteiger partial charge is 0.481 e. The fraction of sp³-hybridized carbons (Fsp3) is 0.500. The Labute approximate surface area is 71.5 Å². The summed E-state index contributed by atoms with van der Waals surface area (Å²) in [6.07, 6.45) is -0.641. The molecule has 2 unspecified atom stereocenters. The Morgan fingerprint density at radius 2 is 2.00 bits per heavy atom. The molecule has 2 atom stereocenters. The van der Waals surface area contributed by atoms with Crippen LogP contribution < -0.4 is 0 Å². The van der Waals surface area contributed by atoms with Gasteiger partial charge in [-0.2, -0.15) is 0 Å². The van der Waals surface area contributed by atoms with Crippen LogP contribution in [0.5, 0.6) is 0 Å². The zero-order chi connectivity index (χ0) is 10.2. The molecule has 0 saturated carbocycles. The van der Waals surface area contributed by atoms with Crippen molar-refractivity contribution in [1.82, 2.24) is 0 Å². The van der Waals surface area contributed by atoms with Crippen molar-refractivity contribution in [2.45, 2.75) is 12.2 Å². The van der Waals surface area contributed by atoms with E-state index >= 15 is 0 Å². The summed E-state index contributed by atoms with van der Waals surface area (Å²) < 4.78 is 4.02. The second kappa shape index (κ2) is 2.70. The van der Waals surface area contributed by atoms with Gasteiger partial charge in [0, 0.05) is 0 Å². The van der Waals surface area contributed by atoms with Gasteiger partial charge in [0.2, 0.25) is 0 Å². The summed E-state index contributed by atoms with van der Waals surface area (Å²) in [5.74, 6) is -9.19. The quantitative estimate of drug-likeness (QED) is 0.448. The van der Waals surface area contributed by atoms with E-state index in [9.17, 15) is 14.4 Å². The number of hydrogen-bond donors (Lipinski definition) is 3. The van der Waals surface area contributed by atoms with Gasteiger partial charge in [0.1, 0.15) is 5.92 Å². The van der Waals surface area contributed by atoms with Crippen molar-refractivity contribution in [1.29, 1.82) is 0 Å². The predicted molar refractivity (Wildman–Crippen MR) is 34.4 cm³/mol. The lowest BCUT2D eigenvalue weighted by Gasteiger charge is -2.19. The number of carboxylic acid groups (broad SMARTS) is 2. The monoisotopic (exact) mass is 190 g/mol. The summed E-state index contributed by atoms with van der Waals surface area (Å²) in [6.45, 7) is 0. The van der Waals surface area contributed by atoms with Gasteiger partial charge < -0.3 is 20.1 Å². The fourth-order valence-corrected chi connectivity index (χ4v) is 1.04. The Hall–Kier alpha value is -1.63. The number of carbonyl (C=O) groups is 3. The maximum atomic E-state index is 10.6. The number of carbonyl (C=O) groups excluding carboxylic acids is 1. The normalized spacial score (nSPS) is 32.7. The Balaban J connectivity index is 3.01. The Kier molecular flexibility index (Phi) is 1.96. The first-order valence-corrected chi connectivity index (χ1v) is 3.28. The van der Waals surface area contributed by atoms with Crippen LogP contribution in [0.4, 0.5) is 0 Å². The van der Waals surface area contributed by atoms with E-state index in [0.29, 0.717) is 0 Å². The molecule has 0 aromatic rings. The van der Waals surface area contributed by atoms with Crippen LogP contribution in [-0.4, -0.2) is 39.0 Å². The summed E-state index contributed by atoms with van der Waals surface area (Å²) in [5, 5.41) is 26.0. The molecule has 0 aromatic heterocycles. The molecule has 0 bridgehead atoms. The molecule has 13 heavy (non-hydrogen) atoms. The smallest absolute Gasteiger partial charge is 0.378 e. The van der Waals surface area contributed by atoms with Crippen LogP contribution >= 0.6 is 0 Å². The van der Waals surface area contributed by atoms with E-state index in [1.807, 2.05) is 0 Å². The molecule has 1 aliphatic rings. The molecule has 1 rings (SSSR count). The Bertz CT molecular complexity index is 283. The second-order valence-corrected chi connectivity index (χ2v) is 2.57. The minimum Gasteiger partial charge on any atom is -0.481 e. The molecule has 72 valence electrons. The third kappa shape index (κ3) is 1.33. The summed E-state index contributed by atoms with van der Waals surface area (Å²) >= 11 is 0. The van der Waals surface area contributed by atoms with Gasteiger partial charge in [-0.15, -0.1) is 0 Å². The molecule has 0 aliphatic carbocycles. The van der Waals surface area contributed by atoms with Gasteiger partial charge in [0.15, 0.2) is 0 Å². The van der Waals surface area contributed by atoms with Gasteiger partial charge in [0.05, 0.1) is 6.42 Å². The van der Waals surface area contributed by atoms with Crippen LogP contribution in [0.15, 0.2) is 0 Å². The summed E-state index contributed by atoms with van der Waals surface area (Å²) in [5.41, 5.74) is 0. The molecule has 1 heterocycles. The molecule has 0 aromatic carbocycles. The molecule has 1 fully saturated rings. The molecule has 0 spiro atoms. The highest BCUT2D eigenvalue weighted by Gasteiger charge is 2.58. The van der Waals surface area contributed by atoms with E-state index < -0.39 is 36.0 Å². The minimum atomic E-state index is -2.93. The average molecular weight is 190 g/mol. The Morgan fingerprint density at radius 3 is 2.31 bits per heavy atom. The van der Waals surface area contributed by atoms with Crippen molar-refractivity contribution in [2.75, 3.05) is 0 Å². The Morgan fingerprint density at radius 1 is 1.46 bits per heavy atom. The third-order valence-electron chi connectivity index (χ3n) is 1.72. The number of carboxylic acids is 2. The van der Waals surface area contributed by atoms with E-state index in [1.54, 1.807) is 0 Å². The minimum absolute atomic E-state index is 0.641. The summed E-state index contributed by atoms with van der Waals surface area (Å²) in [7, 11) is 0. The highest BCUT2D eigenvalue weighted by atomic mass is 16.7. The van der Waals surface area contributed by atoms with Crippen LogP contribution in [0.3, 0.4) is 0 Å². The second-order valence-electron chi connectivity index (χ2n) is 2.57. The third-order valence-corrected chi connectivity index (χ3v) is 1.72. The van der Waals surface area contributed by atoms with Crippen molar-refractivity contribution in [3.63, 3.8) is 0 Å². The molecular weight excluding hydrogens is 184 g/mol. The van der Waals surface area contributed by atoms with E-state index in [1.165, 1.54) is 0 Å². The maximum Gasteiger partial charge on any atom is 0.378 e. The van der Waals surface area contributed by atoms with Crippen molar-refractivity contribution in [3.05, 3.63) is 0 Å². The van der Waals surface area contributed by atoms with Crippen LogP contribution in [0.2, 0.25) is 0 Å². The zero-order valence-electron chi connectivity index (χ0n) is 6.26. The van der Waals surface area contributed by atoms with Gasteiger partial charge in [-0.05, 0) is 0 Å². The first-order valence-electron chi connectivity index (χ1n) is 3.28. The molecule has 0 amide bonds. The zero-order valence-corrected chi connectivity index (χ0v) is 6.26. The molecule has 1 saturated heterocycles. The van der Waals surface area contributed by atoms with Crippen LogP contribution in [-0.2, 0) is 19.1 Å². The topological polar surface area (TPSA) is 121 Å². The lowest BCUT2D eigenvalue weighted by Crippen LogP contribution is -2.46. The lowest BCUT2D eigenvalue weighted by molar-refractivity contribution is -0.221. The number of cyclic esters (lactones) is 1. The highest BCUT2D eigenvalue weighted by molar-refractivity contribution is 5.92. The summed E-state index contributed by atoms with van der Waals surface area (Å²) in [4.78, 5) is 31.4. The SMILES string of the molecule is O=C1CC(C(=O)O)C(O)(C(=O)O)O1. The number of ether oxygens (including phenoxy) is 1. The van der Waals surface area contributed by atoms with Gasteiger partial charge >= 0.3 is 23.7 Å². The molecular formula is C6H6O7. The molecule has 1 aliphatic heterocycles. The number of aliphatic carboxylic acids is 2. The number of hydrogen-bond acceptors (Lipinski definition) is 5. The van der Waals surface area contributed by atoms with E-state index in [2.05, 4.69) is 4.74 Å². The van der Waals surface area contributed by atoms with Gasteiger partial charge in [-0.1, -0.05) is 0 Å². The van der Waals surface area contributed by atoms with E-state index in [-0.39, 0.29) is 0 Å². The first-order chi connectivity index (χ1) is 5.88. The average Bonchev–Trinajstić information content (AvgIpc) is 2.27. The molecule has 7 nitrogen and oxygen atoms in total. The maximum absolute atomic E-state index is 10.6. The molecule has 7 heteroatoms. The van der Waals surface area contributed by atoms with E-state index in [4.69, 9.17) is 15.3 Å². The number of esters is 1. The molecule has 3 N–H and O–H groups in total. The van der Waals surface area contributed by atoms with Gasteiger partial charge in [-0.25, -0.2) is 4.79 Å². The predicted octanol–water partition coefficient (Wildman–Crippen LogP) is -1.59.